The van der Waals surface area contributed by atoms with Crippen molar-refractivity contribution in [1.29, 1.82) is 0 Å². The van der Waals surface area contributed by atoms with E-state index in [1.54, 1.807) is 54.6 Å². The van der Waals surface area contributed by atoms with E-state index in [4.69, 9.17) is 32.4 Å². The van der Waals surface area contributed by atoms with E-state index < -0.39 is 0 Å². The SMILES string of the molecule is O=C(COc1ccc(Cl)cc1)Nc1ccc2oc(-c3cccc(Cl)c3)nc2c1. The topological polar surface area (TPSA) is 64.4 Å². The third-order valence-electron chi connectivity index (χ3n) is 3.93. The van der Waals surface area contributed by atoms with Gasteiger partial charge in [-0.25, -0.2) is 4.98 Å². The Morgan fingerprint density at radius 1 is 1.00 bits per heavy atom. The van der Waals surface area contributed by atoms with E-state index >= 15 is 0 Å². The van der Waals surface area contributed by atoms with Crippen LogP contribution in [0.5, 0.6) is 5.75 Å². The zero-order valence-electron chi connectivity index (χ0n) is 14.5. The number of amides is 1. The predicted molar refractivity (Wildman–Crippen MR) is 110 cm³/mol. The third-order valence-corrected chi connectivity index (χ3v) is 4.41. The lowest BCUT2D eigenvalue weighted by atomic mass is 10.2. The number of aromatic nitrogens is 1. The van der Waals surface area contributed by atoms with Crippen LogP contribution in [0, 0.1) is 0 Å². The molecule has 0 bridgehead atoms. The molecule has 0 saturated carbocycles. The van der Waals surface area contributed by atoms with E-state index in [1.807, 2.05) is 12.1 Å². The van der Waals surface area contributed by atoms with Gasteiger partial charge in [0.25, 0.3) is 5.91 Å². The van der Waals surface area contributed by atoms with Crippen molar-refractivity contribution in [2.75, 3.05) is 11.9 Å². The Morgan fingerprint density at radius 3 is 2.61 bits per heavy atom. The van der Waals surface area contributed by atoms with Gasteiger partial charge in [0.1, 0.15) is 11.3 Å². The molecular weight excluding hydrogens is 399 g/mol. The van der Waals surface area contributed by atoms with Crippen LogP contribution >= 0.6 is 23.2 Å². The Labute approximate surface area is 170 Å². The molecule has 7 heteroatoms. The molecule has 5 nitrogen and oxygen atoms in total. The zero-order chi connectivity index (χ0) is 19.5. The minimum atomic E-state index is -0.284. The van der Waals surface area contributed by atoms with Crippen LogP contribution in [0.2, 0.25) is 10.0 Å². The van der Waals surface area contributed by atoms with Crippen LogP contribution in [-0.2, 0) is 4.79 Å². The van der Waals surface area contributed by atoms with Crippen molar-refractivity contribution in [3.63, 3.8) is 0 Å². The number of carbonyl (C=O) groups is 1. The highest BCUT2D eigenvalue weighted by molar-refractivity contribution is 6.31. The Balaban J connectivity index is 1.45. The second-order valence-corrected chi connectivity index (χ2v) is 6.88. The van der Waals surface area contributed by atoms with Gasteiger partial charge in [0, 0.05) is 21.3 Å². The summed E-state index contributed by atoms with van der Waals surface area (Å²) < 4.78 is 11.2. The third kappa shape index (κ3) is 4.27. The predicted octanol–water partition coefficient (Wildman–Crippen LogP) is 5.82. The number of nitrogens with zero attached hydrogens (tertiary/aromatic N) is 1. The standard InChI is InChI=1S/C21H14Cl2N2O3/c22-14-4-7-17(8-5-14)27-12-20(26)24-16-6-9-19-18(11-16)25-21(28-19)13-2-1-3-15(23)10-13/h1-11H,12H2,(H,24,26). The number of rotatable bonds is 5. The highest BCUT2D eigenvalue weighted by Gasteiger charge is 2.11. The van der Waals surface area contributed by atoms with Gasteiger partial charge in [0.15, 0.2) is 12.2 Å². The second kappa shape index (κ2) is 7.92. The fourth-order valence-electron chi connectivity index (χ4n) is 2.63. The molecule has 28 heavy (non-hydrogen) atoms. The fraction of sp³-hybridized carbons (Fsp3) is 0.0476. The number of benzene rings is 3. The molecule has 0 saturated heterocycles. The first kappa shape index (κ1) is 18.3. The van der Waals surface area contributed by atoms with Crippen molar-refractivity contribution in [1.82, 2.24) is 4.98 Å². The summed E-state index contributed by atoms with van der Waals surface area (Å²) in [6.07, 6.45) is 0. The van der Waals surface area contributed by atoms with Crippen molar-refractivity contribution >= 4 is 45.9 Å². The molecule has 0 aliphatic rings. The normalized spacial score (nSPS) is 10.8. The molecule has 1 aromatic heterocycles. The van der Waals surface area contributed by atoms with Crippen LogP contribution in [0.1, 0.15) is 0 Å². The van der Waals surface area contributed by atoms with Crippen LogP contribution in [0.25, 0.3) is 22.6 Å². The van der Waals surface area contributed by atoms with Gasteiger partial charge in [0.05, 0.1) is 0 Å². The number of ether oxygens (including phenoxy) is 1. The van der Waals surface area contributed by atoms with Gasteiger partial charge in [-0.15, -0.1) is 0 Å². The Hall–Kier alpha value is -3.02. The van der Waals surface area contributed by atoms with E-state index in [9.17, 15) is 4.79 Å². The number of anilines is 1. The summed E-state index contributed by atoms with van der Waals surface area (Å²) in [5.74, 6) is 0.748. The van der Waals surface area contributed by atoms with E-state index in [0.717, 1.165) is 5.56 Å². The van der Waals surface area contributed by atoms with Gasteiger partial charge in [-0.3, -0.25) is 4.79 Å². The van der Waals surface area contributed by atoms with E-state index in [2.05, 4.69) is 10.3 Å². The summed E-state index contributed by atoms with van der Waals surface area (Å²) in [6.45, 7) is -0.119. The molecule has 1 N–H and O–H groups in total. The largest absolute Gasteiger partial charge is 0.484 e. The van der Waals surface area contributed by atoms with Crippen molar-refractivity contribution in [2.24, 2.45) is 0 Å². The first-order valence-corrected chi connectivity index (χ1v) is 9.17. The monoisotopic (exact) mass is 412 g/mol. The second-order valence-electron chi connectivity index (χ2n) is 6.00. The molecule has 0 spiro atoms. The van der Waals surface area contributed by atoms with Gasteiger partial charge in [-0.05, 0) is 60.7 Å². The number of hydrogen-bond acceptors (Lipinski definition) is 4. The number of halogens is 2. The first-order valence-electron chi connectivity index (χ1n) is 8.41. The maximum Gasteiger partial charge on any atom is 0.262 e. The zero-order valence-corrected chi connectivity index (χ0v) is 16.0. The maximum atomic E-state index is 12.1. The molecule has 0 aliphatic heterocycles. The average Bonchev–Trinajstić information content (AvgIpc) is 3.11. The van der Waals surface area contributed by atoms with Crippen LogP contribution in [0.15, 0.2) is 71.1 Å². The van der Waals surface area contributed by atoms with Crippen LogP contribution in [0.4, 0.5) is 5.69 Å². The van der Waals surface area contributed by atoms with Crippen molar-refractivity contribution in [3.05, 3.63) is 76.8 Å². The summed E-state index contributed by atoms with van der Waals surface area (Å²) in [5.41, 5.74) is 2.63. The number of fused-ring (bicyclic) bond motifs is 1. The summed E-state index contributed by atoms with van der Waals surface area (Å²) in [4.78, 5) is 16.6. The Morgan fingerprint density at radius 2 is 1.82 bits per heavy atom. The molecule has 3 aromatic carbocycles. The molecule has 140 valence electrons. The number of carbonyl (C=O) groups excluding carboxylic acids is 1. The quantitative estimate of drug-likeness (QED) is 0.448. The fourth-order valence-corrected chi connectivity index (χ4v) is 2.94. The van der Waals surface area contributed by atoms with Crippen LogP contribution in [-0.4, -0.2) is 17.5 Å². The Bertz CT molecular complexity index is 1140. The number of hydrogen-bond donors (Lipinski definition) is 1. The number of nitrogens with one attached hydrogen (secondary N) is 1. The lowest BCUT2D eigenvalue weighted by Gasteiger charge is -2.07. The molecule has 0 radical (unpaired) electrons. The summed E-state index contributed by atoms with van der Waals surface area (Å²) in [5, 5.41) is 3.99. The van der Waals surface area contributed by atoms with E-state index in [1.165, 1.54) is 0 Å². The summed E-state index contributed by atoms with van der Waals surface area (Å²) in [7, 11) is 0. The molecule has 0 fully saturated rings. The van der Waals surface area contributed by atoms with E-state index in [0.29, 0.717) is 38.5 Å². The van der Waals surface area contributed by atoms with Crippen LogP contribution in [0.3, 0.4) is 0 Å². The maximum absolute atomic E-state index is 12.1. The van der Waals surface area contributed by atoms with Crippen molar-refractivity contribution in [3.8, 4) is 17.2 Å². The van der Waals surface area contributed by atoms with Crippen LogP contribution < -0.4 is 10.1 Å². The van der Waals surface area contributed by atoms with Gasteiger partial charge < -0.3 is 14.5 Å². The van der Waals surface area contributed by atoms with Gasteiger partial charge in [-0.1, -0.05) is 29.3 Å². The molecule has 1 amide bonds. The molecule has 1 heterocycles. The lowest BCUT2D eigenvalue weighted by Crippen LogP contribution is -2.20. The smallest absolute Gasteiger partial charge is 0.262 e. The minimum Gasteiger partial charge on any atom is -0.484 e. The average molecular weight is 413 g/mol. The van der Waals surface area contributed by atoms with E-state index in [-0.39, 0.29) is 12.5 Å². The molecule has 0 atom stereocenters. The van der Waals surface area contributed by atoms with Crippen molar-refractivity contribution in [2.45, 2.75) is 0 Å². The van der Waals surface area contributed by atoms with Gasteiger partial charge >= 0.3 is 0 Å². The first-order chi connectivity index (χ1) is 13.6. The summed E-state index contributed by atoms with van der Waals surface area (Å²) >= 11 is 11.8. The lowest BCUT2D eigenvalue weighted by molar-refractivity contribution is -0.118. The van der Waals surface area contributed by atoms with Gasteiger partial charge in [-0.2, -0.15) is 0 Å². The summed E-state index contributed by atoms with van der Waals surface area (Å²) in [6, 6.07) is 19.3. The number of oxazole rings is 1. The molecular formula is C21H14Cl2N2O3. The minimum absolute atomic E-state index is 0.119. The van der Waals surface area contributed by atoms with Crippen molar-refractivity contribution < 1.29 is 13.9 Å². The molecule has 4 rings (SSSR count). The molecule has 0 aliphatic carbocycles. The molecule has 0 unspecified atom stereocenters. The highest BCUT2D eigenvalue weighted by Crippen LogP contribution is 2.27. The Kier molecular flexibility index (Phi) is 5.19. The highest BCUT2D eigenvalue weighted by atomic mass is 35.5. The van der Waals surface area contributed by atoms with Gasteiger partial charge in [0.2, 0.25) is 5.89 Å². The molecule has 4 aromatic rings.